The van der Waals surface area contributed by atoms with Crippen LogP contribution in [0.3, 0.4) is 0 Å². The molecule has 0 aliphatic carbocycles. The Morgan fingerprint density at radius 1 is 1.67 bits per heavy atom. The monoisotopic (exact) mass is 165 g/mol. The van der Waals surface area contributed by atoms with E-state index in [2.05, 4.69) is 22.2 Å². The second-order valence-electron chi connectivity index (χ2n) is 2.77. The highest BCUT2D eigenvalue weighted by Crippen LogP contribution is 2.06. The highest BCUT2D eigenvalue weighted by Gasteiger charge is 2.21. The van der Waals surface area contributed by atoms with Gasteiger partial charge in [-0.15, -0.1) is 0 Å². The Bertz CT molecular complexity index is 228. The molecule has 1 aliphatic heterocycles. The third-order valence-corrected chi connectivity index (χ3v) is 1.97. The minimum Gasteiger partial charge on any atom is -0.381 e. The van der Waals surface area contributed by atoms with Crippen molar-refractivity contribution < 1.29 is 0 Å². The van der Waals surface area contributed by atoms with Gasteiger partial charge in [-0.05, 0) is 32.3 Å². The van der Waals surface area contributed by atoms with Crippen molar-refractivity contribution in [3.8, 4) is 0 Å². The summed E-state index contributed by atoms with van der Waals surface area (Å²) in [4.78, 5) is 8.46. The SMILES string of the molecule is CC=NC(C)C1NC=CC1=NC. The predicted molar refractivity (Wildman–Crippen MR) is 53.1 cm³/mol. The van der Waals surface area contributed by atoms with E-state index < -0.39 is 0 Å². The second-order valence-corrected chi connectivity index (χ2v) is 2.77. The molecule has 0 bridgehead atoms. The van der Waals surface area contributed by atoms with Crippen LogP contribution in [-0.4, -0.2) is 31.1 Å². The molecule has 1 rings (SSSR count). The van der Waals surface area contributed by atoms with Crippen LogP contribution in [0.15, 0.2) is 22.3 Å². The molecule has 2 unspecified atom stereocenters. The summed E-state index contributed by atoms with van der Waals surface area (Å²) in [6.07, 6.45) is 5.75. The van der Waals surface area contributed by atoms with Crippen LogP contribution in [-0.2, 0) is 0 Å². The molecule has 1 heterocycles. The zero-order valence-corrected chi connectivity index (χ0v) is 7.78. The molecule has 12 heavy (non-hydrogen) atoms. The average Bonchev–Trinajstić information content (AvgIpc) is 2.51. The van der Waals surface area contributed by atoms with Gasteiger partial charge in [-0.1, -0.05) is 0 Å². The van der Waals surface area contributed by atoms with Crippen LogP contribution in [0.25, 0.3) is 0 Å². The molecule has 66 valence electrons. The van der Waals surface area contributed by atoms with Crippen LogP contribution in [0.2, 0.25) is 0 Å². The molecule has 0 saturated carbocycles. The number of hydrogen-bond donors (Lipinski definition) is 1. The fraction of sp³-hybridized carbons (Fsp3) is 0.556. The minimum atomic E-state index is 0.253. The Morgan fingerprint density at radius 2 is 2.42 bits per heavy atom. The van der Waals surface area contributed by atoms with Gasteiger partial charge in [-0.3, -0.25) is 9.98 Å². The van der Waals surface area contributed by atoms with E-state index in [1.54, 1.807) is 0 Å². The van der Waals surface area contributed by atoms with Crippen molar-refractivity contribution in [2.75, 3.05) is 7.05 Å². The van der Waals surface area contributed by atoms with Gasteiger partial charge in [0, 0.05) is 7.05 Å². The third kappa shape index (κ3) is 1.72. The Labute approximate surface area is 73.3 Å². The summed E-state index contributed by atoms with van der Waals surface area (Å²) in [5.41, 5.74) is 1.08. The van der Waals surface area contributed by atoms with E-state index in [1.807, 2.05) is 32.5 Å². The topological polar surface area (TPSA) is 36.8 Å². The van der Waals surface area contributed by atoms with Gasteiger partial charge < -0.3 is 5.32 Å². The molecule has 0 spiro atoms. The van der Waals surface area contributed by atoms with Crippen LogP contribution in [0, 0.1) is 0 Å². The fourth-order valence-corrected chi connectivity index (χ4v) is 1.35. The predicted octanol–water partition coefficient (Wildman–Crippen LogP) is 1.02. The zero-order chi connectivity index (χ0) is 8.97. The molecular weight excluding hydrogens is 150 g/mol. The van der Waals surface area contributed by atoms with Gasteiger partial charge in [0.05, 0.1) is 17.8 Å². The van der Waals surface area contributed by atoms with E-state index in [-0.39, 0.29) is 12.1 Å². The van der Waals surface area contributed by atoms with Gasteiger partial charge in [0.2, 0.25) is 0 Å². The second kappa shape index (κ2) is 4.04. The Hall–Kier alpha value is -1.12. The Kier molecular flexibility index (Phi) is 3.02. The lowest BCUT2D eigenvalue weighted by Crippen LogP contribution is -2.36. The molecule has 0 fully saturated rings. The lowest BCUT2D eigenvalue weighted by molar-refractivity contribution is 0.626. The van der Waals surface area contributed by atoms with E-state index >= 15 is 0 Å². The number of nitrogens with one attached hydrogen (secondary N) is 1. The van der Waals surface area contributed by atoms with Crippen LogP contribution in [0.4, 0.5) is 0 Å². The molecule has 3 heteroatoms. The molecule has 0 radical (unpaired) electrons. The van der Waals surface area contributed by atoms with Crippen molar-refractivity contribution in [2.45, 2.75) is 25.9 Å². The first kappa shape index (κ1) is 8.97. The molecule has 0 aromatic carbocycles. The van der Waals surface area contributed by atoms with Gasteiger partial charge in [-0.25, -0.2) is 0 Å². The standard InChI is InChI=1S/C9H15N3/c1-4-11-7(2)9-8(10-3)5-6-12-9/h4-7,9,12H,1-3H3. The lowest BCUT2D eigenvalue weighted by Gasteiger charge is -2.16. The molecule has 1 N–H and O–H groups in total. The first-order chi connectivity index (χ1) is 5.79. The third-order valence-electron chi connectivity index (χ3n) is 1.97. The first-order valence-electron chi connectivity index (χ1n) is 4.16. The number of hydrogen-bond acceptors (Lipinski definition) is 3. The maximum absolute atomic E-state index is 4.30. The van der Waals surface area contributed by atoms with Gasteiger partial charge in [0.25, 0.3) is 0 Å². The summed E-state index contributed by atoms with van der Waals surface area (Å²) < 4.78 is 0. The van der Waals surface area contributed by atoms with E-state index in [9.17, 15) is 0 Å². The highest BCUT2D eigenvalue weighted by atomic mass is 15.0. The van der Waals surface area contributed by atoms with Gasteiger partial charge >= 0.3 is 0 Å². The maximum atomic E-state index is 4.30. The molecule has 0 aromatic rings. The molecule has 3 nitrogen and oxygen atoms in total. The quantitative estimate of drug-likeness (QED) is 0.609. The Morgan fingerprint density at radius 3 is 3.00 bits per heavy atom. The summed E-state index contributed by atoms with van der Waals surface area (Å²) in [5.74, 6) is 0. The molecule has 0 aromatic heterocycles. The van der Waals surface area contributed by atoms with Crippen LogP contribution >= 0.6 is 0 Å². The van der Waals surface area contributed by atoms with Crippen molar-refractivity contribution in [1.82, 2.24) is 5.32 Å². The minimum absolute atomic E-state index is 0.253. The summed E-state index contributed by atoms with van der Waals surface area (Å²) >= 11 is 0. The van der Waals surface area contributed by atoms with Crippen molar-refractivity contribution >= 4 is 11.9 Å². The fourth-order valence-electron chi connectivity index (χ4n) is 1.35. The van der Waals surface area contributed by atoms with Crippen LogP contribution < -0.4 is 5.32 Å². The van der Waals surface area contributed by atoms with Gasteiger partial charge in [-0.2, -0.15) is 0 Å². The van der Waals surface area contributed by atoms with E-state index in [1.165, 1.54) is 0 Å². The summed E-state index contributed by atoms with van der Waals surface area (Å²) in [5, 5.41) is 3.22. The summed E-state index contributed by atoms with van der Waals surface area (Å²) in [6.45, 7) is 4.01. The largest absolute Gasteiger partial charge is 0.381 e. The smallest absolute Gasteiger partial charge is 0.0898 e. The van der Waals surface area contributed by atoms with Crippen molar-refractivity contribution in [3.05, 3.63) is 12.3 Å². The zero-order valence-electron chi connectivity index (χ0n) is 7.78. The molecule has 1 aliphatic rings. The lowest BCUT2D eigenvalue weighted by atomic mass is 10.1. The number of rotatable bonds is 2. The summed E-state index contributed by atoms with van der Waals surface area (Å²) in [6, 6.07) is 0.509. The average molecular weight is 165 g/mol. The Balaban J connectivity index is 2.65. The first-order valence-corrected chi connectivity index (χ1v) is 4.16. The van der Waals surface area contributed by atoms with Crippen molar-refractivity contribution in [1.29, 1.82) is 0 Å². The molecular formula is C9H15N3. The van der Waals surface area contributed by atoms with Crippen LogP contribution in [0.1, 0.15) is 13.8 Å². The van der Waals surface area contributed by atoms with E-state index in [0.29, 0.717) is 0 Å². The molecule has 2 atom stereocenters. The number of aliphatic imine (C=N–C) groups is 2. The van der Waals surface area contributed by atoms with E-state index in [4.69, 9.17) is 0 Å². The maximum Gasteiger partial charge on any atom is 0.0898 e. The van der Waals surface area contributed by atoms with Gasteiger partial charge in [0.15, 0.2) is 0 Å². The number of nitrogens with zero attached hydrogens (tertiary/aromatic N) is 2. The highest BCUT2D eigenvalue weighted by molar-refractivity contribution is 6.01. The molecule has 0 amide bonds. The van der Waals surface area contributed by atoms with Crippen molar-refractivity contribution in [2.24, 2.45) is 9.98 Å². The van der Waals surface area contributed by atoms with Crippen molar-refractivity contribution in [3.63, 3.8) is 0 Å². The normalized spacial score (nSPS) is 28.2. The summed E-state index contributed by atoms with van der Waals surface area (Å²) in [7, 11) is 1.81. The molecule has 0 saturated heterocycles. The van der Waals surface area contributed by atoms with E-state index in [0.717, 1.165) is 5.71 Å². The van der Waals surface area contributed by atoms with Gasteiger partial charge in [0.1, 0.15) is 0 Å². The van der Waals surface area contributed by atoms with Crippen LogP contribution in [0.5, 0.6) is 0 Å².